The Morgan fingerprint density at radius 2 is 1.57 bits per heavy atom. The van der Waals surface area contributed by atoms with E-state index in [9.17, 15) is 9.50 Å². The molecule has 154 valence electrons. The highest BCUT2D eigenvalue weighted by Crippen LogP contribution is 2.24. The average Bonchev–Trinajstić information content (AvgIpc) is 2.80. The highest BCUT2D eigenvalue weighted by atomic mass is 19.1. The lowest BCUT2D eigenvalue weighted by Gasteiger charge is -2.27. The molecule has 0 bridgehead atoms. The quantitative estimate of drug-likeness (QED) is 0.555. The van der Waals surface area contributed by atoms with Gasteiger partial charge in [-0.3, -0.25) is 4.90 Å². The van der Waals surface area contributed by atoms with E-state index in [0.29, 0.717) is 0 Å². The zero-order valence-electron chi connectivity index (χ0n) is 17.2. The fraction of sp³-hybridized carbons (Fsp3) is 0.259. The van der Waals surface area contributed by atoms with Gasteiger partial charge in [-0.25, -0.2) is 4.39 Å². The van der Waals surface area contributed by atoms with Crippen LogP contribution in [0, 0.1) is 5.82 Å². The second kappa shape index (κ2) is 9.84. The Morgan fingerprint density at radius 3 is 2.23 bits per heavy atom. The van der Waals surface area contributed by atoms with Gasteiger partial charge in [-0.1, -0.05) is 72.8 Å². The monoisotopic (exact) mass is 401 g/mol. The molecule has 1 aliphatic heterocycles. The van der Waals surface area contributed by atoms with Gasteiger partial charge in [-0.15, -0.1) is 0 Å². The van der Waals surface area contributed by atoms with Crippen molar-refractivity contribution < 1.29 is 9.50 Å². The molecular formula is C27H28FNO. The van der Waals surface area contributed by atoms with Gasteiger partial charge in [0.15, 0.2) is 0 Å². The fourth-order valence-corrected chi connectivity index (χ4v) is 4.00. The van der Waals surface area contributed by atoms with Gasteiger partial charge in [-0.05, 0) is 59.2 Å². The first kappa shape index (κ1) is 20.5. The molecule has 0 spiro atoms. The van der Waals surface area contributed by atoms with Crippen molar-refractivity contribution in [3.8, 4) is 0 Å². The minimum Gasteiger partial charge on any atom is -0.388 e. The van der Waals surface area contributed by atoms with Crippen LogP contribution in [0.3, 0.4) is 0 Å². The Bertz CT molecular complexity index is 964. The van der Waals surface area contributed by atoms with Crippen LogP contribution in [0.5, 0.6) is 0 Å². The summed E-state index contributed by atoms with van der Waals surface area (Å²) in [6.07, 6.45) is 4.36. The molecule has 1 N–H and O–H groups in total. The van der Waals surface area contributed by atoms with E-state index >= 15 is 0 Å². The second-order valence-electron chi connectivity index (χ2n) is 8.00. The van der Waals surface area contributed by atoms with Crippen LogP contribution in [0.1, 0.15) is 41.2 Å². The molecule has 0 amide bonds. The van der Waals surface area contributed by atoms with Gasteiger partial charge in [0.25, 0.3) is 0 Å². The van der Waals surface area contributed by atoms with Gasteiger partial charge in [0, 0.05) is 19.6 Å². The van der Waals surface area contributed by atoms with Gasteiger partial charge >= 0.3 is 0 Å². The van der Waals surface area contributed by atoms with Gasteiger partial charge in [0.1, 0.15) is 5.82 Å². The maximum atomic E-state index is 13.1. The van der Waals surface area contributed by atoms with E-state index in [1.165, 1.54) is 28.8 Å². The molecule has 0 aromatic heterocycles. The van der Waals surface area contributed by atoms with Crippen LogP contribution in [0.2, 0.25) is 0 Å². The normalized spacial score (nSPS) is 15.6. The molecule has 0 fully saturated rings. The Labute approximate surface area is 178 Å². The molecule has 1 unspecified atom stereocenters. The Hall–Kier alpha value is -2.75. The number of aliphatic hydroxyl groups is 1. The molecule has 1 heterocycles. The zero-order chi connectivity index (χ0) is 20.8. The number of aliphatic hydroxyl groups excluding tert-OH is 1. The van der Waals surface area contributed by atoms with Crippen LogP contribution >= 0.6 is 0 Å². The molecule has 3 aromatic carbocycles. The standard InChI is InChI=1S/C27H28FNO/c28-26-12-10-23(11-13-26)24-14-17-29(18-15-24)19-16-27(30)25-8-6-22(7-9-25)20-21-4-2-1-3-5-21/h1-14,27,30H,15-20H2. The third-order valence-electron chi connectivity index (χ3n) is 5.84. The SMILES string of the molecule is OC(CCN1CC=C(c2ccc(F)cc2)CC1)c1ccc(Cc2ccccc2)cc1. The van der Waals surface area contributed by atoms with Crippen molar-refractivity contribution in [2.24, 2.45) is 0 Å². The molecule has 30 heavy (non-hydrogen) atoms. The van der Waals surface area contributed by atoms with Crippen molar-refractivity contribution in [3.05, 3.63) is 113 Å². The van der Waals surface area contributed by atoms with Crippen LogP contribution < -0.4 is 0 Å². The third kappa shape index (κ3) is 5.44. The number of hydrogen-bond acceptors (Lipinski definition) is 2. The van der Waals surface area contributed by atoms with E-state index in [-0.39, 0.29) is 5.82 Å². The van der Waals surface area contributed by atoms with Crippen molar-refractivity contribution in [1.82, 2.24) is 4.90 Å². The summed E-state index contributed by atoms with van der Waals surface area (Å²) in [6, 6.07) is 25.5. The highest BCUT2D eigenvalue weighted by molar-refractivity contribution is 5.66. The summed E-state index contributed by atoms with van der Waals surface area (Å²) in [5.74, 6) is -0.195. The minimum atomic E-state index is -0.446. The number of halogens is 1. The van der Waals surface area contributed by atoms with Gasteiger partial charge < -0.3 is 5.11 Å². The van der Waals surface area contributed by atoms with Crippen LogP contribution in [0.25, 0.3) is 5.57 Å². The van der Waals surface area contributed by atoms with Crippen molar-refractivity contribution >= 4 is 5.57 Å². The third-order valence-corrected chi connectivity index (χ3v) is 5.84. The highest BCUT2D eigenvalue weighted by Gasteiger charge is 2.15. The van der Waals surface area contributed by atoms with Gasteiger partial charge in [0.2, 0.25) is 0 Å². The molecule has 3 heteroatoms. The summed E-state index contributed by atoms with van der Waals surface area (Å²) < 4.78 is 13.1. The fourth-order valence-electron chi connectivity index (χ4n) is 4.00. The molecule has 0 radical (unpaired) electrons. The van der Waals surface area contributed by atoms with Crippen molar-refractivity contribution in [2.45, 2.75) is 25.4 Å². The summed E-state index contributed by atoms with van der Waals surface area (Å²) >= 11 is 0. The summed E-state index contributed by atoms with van der Waals surface area (Å²) in [5, 5.41) is 10.6. The molecule has 4 rings (SSSR count). The summed E-state index contributed by atoms with van der Waals surface area (Å²) in [4.78, 5) is 2.36. The number of nitrogens with zero attached hydrogens (tertiary/aromatic N) is 1. The summed E-state index contributed by atoms with van der Waals surface area (Å²) in [5.41, 5.74) is 5.91. The van der Waals surface area contributed by atoms with Crippen molar-refractivity contribution in [2.75, 3.05) is 19.6 Å². The molecule has 2 nitrogen and oxygen atoms in total. The second-order valence-corrected chi connectivity index (χ2v) is 8.00. The lowest BCUT2D eigenvalue weighted by molar-refractivity contribution is 0.145. The van der Waals surface area contributed by atoms with Crippen LogP contribution in [-0.4, -0.2) is 29.6 Å². The first-order valence-corrected chi connectivity index (χ1v) is 10.7. The lowest BCUT2D eigenvalue weighted by atomic mass is 9.98. The number of benzene rings is 3. The molecule has 0 saturated heterocycles. The Morgan fingerprint density at radius 1 is 0.867 bits per heavy atom. The van der Waals surface area contributed by atoms with Crippen molar-refractivity contribution in [3.63, 3.8) is 0 Å². The predicted molar refractivity (Wildman–Crippen MR) is 121 cm³/mol. The zero-order valence-corrected chi connectivity index (χ0v) is 17.2. The molecular weight excluding hydrogens is 373 g/mol. The molecule has 0 aliphatic carbocycles. The molecule has 1 atom stereocenters. The van der Waals surface area contributed by atoms with E-state index in [0.717, 1.165) is 50.0 Å². The smallest absolute Gasteiger partial charge is 0.123 e. The van der Waals surface area contributed by atoms with E-state index in [1.807, 2.05) is 30.3 Å². The van der Waals surface area contributed by atoms with Crippen LogP contribution in [0.4, 0.5) is 4.39 Å². The first-order chi connectivity index (χ1) is 14.7. The number of hydrogen-bond donors (Lipinski definition) is 1. The lowest BCUT2D eigenvalue weighted by Crippen LogP contribution is -2.30. The Kier molecular flexibility index (Phi) is 6.73. The molecule has 0 saturated carbocycles. The van der Waals surface area contributed by atoms with Crippen LogP contribution in [-0.2, 0) is 6.42 Å². The maximum Gasteiger partial charge on any atom is 0.123 e. The van der Waals surface area contributed by atoms with E-state index in [1.54, 1.807) is 0 Å². The predicted octanol–water partition coefficient (Wildman–Crippen LogP) is 5.63. The average molecular weight is 402 g/mol. The Balaban J connectivity index is 1.26. The van der Waals surface area contributed by atoms with E-state index < -0.39 is 6.10 Å². The largest absolute Gasteiger partial charge is 0.388 e. The maximum absolute atomic E-state index is 13.1. The molecule has 1 aliphatic rings. The van der Waals surface area contributed by atoms with Crippen LogP contribution in [0.15, 0.2) is 84.9 Å². The summed E-state index contributed by atoms with van der Waals surface area (Å²) in [6.45, 7) is 2.70. The number of rotatable bonds is 7. The van der Waals surface area contributed by atoms with Crippen molar-refractivity contribution in [1.29, 1.82) is 0 Å². The molecule has 3 aromatic rings. The topological polar surface area (TPSA) is 23.5 Å². The van der Waals surface area contributed by atoms with Gasteiger partial charge in [-0.2, -0.15) is 0 Å². The van der Waals surface area contributed by atoms with Gasteiger partial charge in [0.05, 0.1) is 6.10 Å². The van der Waals surface area contributed by atoms with E-state index in [2.05, 4.69) is 47.4 Å². The first-order valence-electron chi connectivity index (χ1n) is 10.7. The van der Waals surface area contributed by atoms with E-state index in [4.69, 9.17) is 0 Å². The summed E-state index contributed by atoms with van der Waals surface area (Å²) in [7, 11) is 0. The minimum absolute atomic E-state index is 0.195.